The summed E-state index contributed by atoms with van der Waals surface area (Å²) < 4.78 is 51.2. The van der Waals surface area contributed by atoms with Gasteiger partial charge in [-0.2, -0.15) is 4.31 Å². The average molecular weight is 1060 g/mol. The molecular formula is C41H73N7O21P2. The molecule has 71 heavy (non-hydrogen) atoms. The van der Waals surface area contributed by atoms with E-state index >= 15 is 0 Å². The van der Waals surface area contributed by atoms with Gasteiger partial charge in [-0.3, -0.25) is 42.6 Å². The quantitative estimate of drug-likeness (QED) is 0.0211. The molecule has 408 valence electrons. The van der Waals surface area contributed by atoms with Crippen LogP contribution in [-0.4, -0.2) is 164 Å². The monoisotopic (exact) mass is 1060 g/mol. The van der Waals surface area contributed by atoms with Crippen LogP contribution in [0.5, 0.6) is 0 Å². The molecule has 14 atom stereocenters. The van der Waals surface area contributed by atoms with Crippen molar-refractivity contribution in [1.29, 1.82) is 0 Å². The minimum absolute atomic E-state index is 0.0317. The SMILES string of the molecule is CC(=O)N[C@H]1[C@@H](OP(=O)(O)OP(=O)(O)OCC[C@H](C)CCC=C(C)C)O[C@H](CO)[C@@H](O)[C@@H]1O[C@H](C)C(=O)N[C@@H](C)C(=O)N[C@H](CCC(=O)N[C@@H](CCCCN)C(=O)N[C@H](C)C(=O)N[C@H](C)C(=O)O)C(=O)O. The summed E-state index contributed by atoms with van der Waals surface area (Å²) >= 11 is 0. The average Bonchev–Trinajstić information content (AvgIpc) is 3.25. The summed E-state index contributed by atoms with van der Waals surface area (Å²) in [5, 5.41) is 53.7. The van der Waals surface area contributed by atoms with Crippen molar-refractivity contribution in [3.63, 3.8) is 0 Å². The first-order valence-electron chi connectivity index (χ1n) is 22.8. The standard InChI is InChI=1S/C41H73N7O21P2/c1-21(2)12-11-13-22(3)17-19-65-70(61,62)69-71(63,64)68-41-32(46-27(8)50)34(33(52)30(20-49)67-41)66-26(7)37(55)43-24(5)36(54)48-29(40(59)60)15-16-31(51)47-28(14-9-10-18-42)38(56)44-23(4)35(53)45-25(6)39(57)58/h12,22-26,28-30,32-34,41,49,52H,9-11,13-20,42H2,1-8H3,(H,43,55)(H,44,56)(H,45,53)(H,46,50)(H,47,51)(H,48,54)(H,57,58)(H,59,60)(H,61,62)(H,63,64)/t22-,23-,24+,25-,26-,28+,29-,30-,32-,33-,34-,41-/m1/s1. The van der Waals surface area contributed by atoms with E-state index in [0.29, 0.717) is 12.8 Å². The van der Waals surface area contributed by atoms with Crippen molar-refractivity contribution in [2.45, 2.75) is 174 Å². The number of allylic oxidation sites excluding steroid dienone is 2. The fourth-order valence-electron chi connectivity index (χ4n) is 6.51. The Balaban J connectivity index is 3.04. The van der Waals surface area contributed by atoms with Crippen LogP contribution in [0, 0.1) is 5.92 Å². The lowest BCUT2D eigenvalue weighted by Crippen LogP contribution is -2.66. The number of carboxylic acid groups (broad SMARTS) is 2. The lowest BCUT2D eigenvalue weighted by atomic mass is 9.96. The first kappa shape index (κ1) is 64.6. The number of ether oxygens (including phenoxy) is 2. The van der Waals surface area contributed by atoms with Gasteiger partial charge in [-0.15, -0.1) is 0 Å². The number of aliphatic hydroxyl groups is 2. The predicted octanol–water partition coefficient (Wildman–Crippen LogP) is -1.07. The molecule has 1 saturated heterocycles. The first-order valence-corrected chi connectivity index (χ1v) is 25.8. The predicted molar refractivity (Wildman–Crippen MR) is 248 cm³/mol. The number of unbranched alkanes of at least 4 members (excludes halogenated alkanes) is 1. The van der Waals surface area contributed by atoms with Crippen molar-refractivity contribution < 1.29 is 101 Å². The second kappa shape index (κ2) is 31.2. The van der Waals surface area contributed by atoms with Crippen molar-refractivity contribution in [1.82, 2.24) is 31.9 Å². The third kappa shape index (κ3) is 24.7. The van der Waals surface area contributed by atoms with Crippen LogP contribution in [0.3, 0.4) is 0 Å². The van der Waals surface area contributed by atoms with Crippen LogP contribution in [0.25, 0.3) is 0 Å². The number of phosphoric ester groups is 2. The van der Waals surface area contributed by atoms with E-state index < -0.39 is 149 Å². The highest BCUT2D eigenvalue weighted by Crippen LogP contribution is 2.61. The second-order valence-corrected chi connectivity index (χ2v) is 20.3. The van der Waals surface area contributed by atoms with Crippen molar-refractivity contribution >= 4 is 63.0 Å². The van der Waals surface area contributed by atoms with Gasteiger partial charge >= 0.3 is 27.6 Å². The summed E-state index contributed by atoms with van der Waals surface area (Å²) in [6.07, 6.45) is -5.62. The minimum atomic E-state index is -5.66. The number of hydrogen-bond donors (Lipinski definition) is 13. The highest BCUT2D eigenvalue weighted by molar-refractivity contribution is 7.61. The normalized spacial score (nSPS) is 22.5. The number of carboxylic acids is 2. The third-order valence-corrected chi connectivity index (χ3v) is 13.2. The van der Waals surface area contributed by atoms with E-state index in [9.17, 15) is 72.6 Å². The van der Waals surface area contributed by atoms with Crippen molar-refractivity contribution in [2.24, 2.45) is 11.7 Å². The molecule has 0 spiro atoms. The fraction of sp³-hybridized carbons (Fsp3) is 0.756. The molecule has 0 radical (unpaired) electrons. The van der Waals surface area contributed by atoms with Gasteiger partial charge in [0.2, 0.25) is 35.4 Å². The summed E-state index contributed by atoms with van der Waals surface area (Å²) in [5.74, 6) is -8.27. The van der Waals surface area contributed by atoms with Gasteiger partial charge < -0.3 is 77.3 Å². The molecule has 2 unspecified atom stereocenters. The summed E-state index contributed by atoms with van der Waals surface area (Å²) in [6.45, 7) is 10.4. The van der Waals surface area contributed by atoms with E-state index in [4.69, 9.17) is 29.4 Å². The maximum absolute atomic E-state index is 13.3. The zero-order valence-electron chi connectivity index (χ0n) is 41.1. The number of aliphatic carboxylic acids is 2. The van der Waals surface area contributed by atoms with Gasteiger partial charge in [-0.1, -0.05) is 18.6 Å². The number of rotatable bonds is 33. The van der Waals surface area contributed by atoms with Crippen LogP contribution in [0.15, 0.2) is 11.6 Å². The first-order chi connectivity index (χ1) is 32.9. The van der Waals surface area contributed by atoms with E-state index in [1.807, 2.05) is 26.8 Å². The molecule has 0 bridgehead atoms. The Kier molecular flexibility index (Phi) is 28.4. The van der Waals surface area contributed by atoms with Crippen LogP contribution >= 0.6 is 15.6 Å². The van der Waals surface area contributed by atoms with Gasteiger partial charge in [-0.25, -0.2) is 13.9 Å². The highest BCUT2D eigenvalue weighted by Gasteiger charge is 2.51. The number of nitrogens with one attached hydrogen (secondary N) is 6. The summed E-state index contributed by atoms with van der Waals surface area (Å²) in [5.41, 5.74) is 6.67. The van der Waals surface area contributed by atoms with E-state index in [1.165, 1.54) is 13.8 Å². The van der Waals surface area contributed by atoms with Gasteiger partial charge in [0.05, 0.1) is 13.2 Å². The zero-order valence-corrected chi connectivity index (χ0v) is 42.9. The largest absolute Gasteiger partial charge is 0.483 e. The molecule has 1 fully saturated rings. The molecule has 0 aromatic carbocycles. The Labute approximate surface area is 411 Å². The Morgan fingerprint density at radius 2 is 1.32 bits per heavy atom. The number of amides is 6. The number of aliphatic hydroxyl groups excluding tert-OH is 2. The lowest BCUT2D eigenvalue weighted by molar-refractivity contribution is -0.261. The van der Waals surface area contributed by atoms with Crippen LogP contribution in [0.1, 0.15) is 107 Å². The number of carbonyl (C=O) groups excluding carboxylic acids is 6. The topological polar surface area (TPSA) is 436 Å². The molecule has 6 amide bonds. The van der Waals surface area contributed by atoms with Gasteiger partial charge in [0.15, 0.2) is 6.29 Å². The van der Waals surface area contributed by atoms with Crippen LogP contribution < -0.4 is 37.6 Å². The lowest BCUT2D eigenvalue weighted by Gasteiger charge is -2.44. The molecule has 1 aliphatic rings. The Morgan fingerprint density at radius 3 is 1.87 bits per heavy atom. The number of nitrogens with two attached hydrogens (primary N) is 1. The third-order valence-electron chi connectivity index (χ3n) is 10.6. The Hall–Kier alpha value is -4.44. The molecule has 0 aromatic rings. The van der Waals surface area contributed by atoms with Gasteiger partial charge in [0.1, 0.15) is 60.7 Å². The number of carbonyl (C=O) groups is 8. The summed E-state index contributed by atoms with van der Waals surface area (Å²) in [7, 11) is -10.9. The smallest absolute Gasteiger partial charge is 0.480 e. The molecule has 0 saturated carbocycles. The number of hydrogen-bond acceptors (Lipinski definition) is 18. The molecule has 1 heterocycles. The fourth-order valence-corrected chi connectivity index (χ4v) is 8.68. The van der Waals surface area contributed by atoms with Crippen LogP contribution in [0.4, 0.5) is 0 Å². The van der Waals surface area contributed by atoms with E-state index in [0.717, 1.165) is 39.2 Å². The van der Waals surface area contributed by atoms with Gasteiger partial charge in [0, 0.05) is 13.3 Å². The molecule has 28 nitrogen and oxygen atoms in total. The van der Waals surface area contributed by atoms with Gasteiger partial charge in [0.25, 0.3) is 0 Å². The van der Waals surface area contributed by atoms with Gasteiger partial charge in [-0.05, 0) is 99.0 Å². The molecule has 0 aliphatic carbocycles. The van der Waals surface area contributed by atoms with E-state index in [-0.39, 0.29) is 31.9 Å². The molecule has 14 N–H and O–H groups in total. The molecule has 1 aliphatic heterocycles. The summed E-state index contributed by atoms with van der Waals surface area (Å²) in [4.78, 5) is 121. The van der Waals surface area contributed by atoms with E-state index in [1.54, 1.807) is 0 Å². The maximum Gasteiger partial charge on any atom is 0.483 e. The van der Waals surface area contributed by atoms with Crippen molar-refractivity contribution in [2.75, 3.05) is 19.8 Å². The second-order valence-electron chi connectivity index (χ2n) is 17.3. The molecule has 1 rings (SSSR count). The van der Waals surface area contributed by atoms with Crippen molar-refractivity contribution in [3.05, 3.63) is 11.6 Å². The Bertz CT molecular complexity index is 1940. The molecular weight excluding hydrogens is 988 g/mol. The highest BCUT2D eigenvalue weighted by atomic mass is 31.3. The van der Waals surface area contributed by atoms with Crippen LogP contribution in [0.2, 0.25) is 0 Å². The minimum Gasteiger partial charge on any atom is -0.480 e. The van der Waals surface area contributed by atoms with E-state index in [2.05, 4.69) is 36.2 Å². The molecule has 30 heteroatoms. The zero-order chi connectivity index (χ0) is 54.4. The number of phosphoric acid groups is 2. The molecule has 0 aromatic heterocycles. The van der Waals surface area contributed by atoms with Crippen molar-refractivity contribution in [3.8, 4) is 0 Å². The Morgan fingerprint density at radius 1 is 0.732 bits per heavy atom. The maximum atomic E-state index is 13.3. The summed E-state index contributed by atoms with van der Waals surface area (Å²) in [6, 6.07) is -8.68. The van der Waals surface area contributed by atoms with Crippen LogP contribution in [-0.2, 0) is 70.3 Å².